The first kappa shape index (κ1) is 16.4. The van der Waals surface area contributed by atoms with Crippen LogP contribution in [0.2, 0.25) is 0 Å². The molecule has 2 saturated heterocycles. The summed E-state index contributed by atoms with van der Waals surface area (Å²) in [7, 11) is 0. The van der Waals surface area contributed by atoms with Crippen molar-refractivity contribution in [2.24, 2.45) is 0 Å². The van der Waals surface area contributed by atoms with Crippen LogP contribution in [0.5, 0.6) is 0 Å². The average Bonchev–Trinajstić information content (AvgIpc) is 2.35. The number of hydrogen-bond donors (Lipinski definition) is 1. The molecule has 1 N–H and O–H groups in total. The van der Waals surface area contributed by atoms with Gasteiger partial charge in [0, 0.05) is 30.4 Å². The number of alkyl halides is 3. The second kappa shape index (κ2) is 7.36. The van der Waals surface area contributed by atoms with E-state index in [0.29, 0.717) is 24.7 Å². The van der Waals surface area contributed by atoms with E-state index in [9.17, 15) is 13.2 Å². The Morgan fingerprint density at radius 3 is 2.40 bits per heavy atom. The number of fused-ring (bicyclic) bond motifs is 2. The van der Waals surface area contributed by atoms with Crippen LogP contribution >= 0.6 is 11.8 Å². The quantitative estimate of drug-likeness (QED) is 0.806. The fourth-order valence-electron chi connectivity index (χ4n) is 3.63. The monoisotopic (exact) mass is 310 g/mol. The highest BCUT2D eigenvalue weighted by atomic mass is 32.2. The summed E-state index contributed by atoms with van der Waals surface area (Å²) in [4.78, 5) is 2.35. The van der Waals surface area contributed by atoms with Gasteiger partial charge in [-0.2, -0.15) is 13.2 Å². The van der Waals surface area contributed by atoms with Crippen LogP contribution in [-0.2, 0) is 0 Å². The Labute approximate surface area is 123 Å². The fourth-order valence-corrected chi connectivity index (χ4v) is 4.16. The third-order valence-electron chi connectivity index (χ3n) is 4.42. The minimum Gasteiger partial charge on any atom is -0.314 e. The number of nitrogens with zero attached hydrogens (tertiary/aromatic N) is 1. The second-order valence-corrected chi connectivity index (χ2v) is 7.05. The zero-order valence-corrected chi connectivity index (χ0v) is 12.9. The Hall–Kier alpha value is 0.0600. The molecule has 2 nitrogen and oxygen atoms in total. The maximum absolute atomic E-state index is 12.2. The molecule has 0 amide bonds. The Kier molecular flexibility index (Phi) is 6.05. The minimum absolute atomic E-state index is 0.123. The van der Waals surface area contributed by atoms with Gasteiger partial charge in [-0.3, -0.25) is 4.90 Å². The Bertz CT molecular complexity index is 285. The summed E-state index contributed by atoms with van der Waals surface area (Å²) in [6, 6.07) is 1.55. The maximum Gasteiger partial charge on any atom is 0.441 e. The van der Waals surface area contributed by atoms with Crippen molar-refractivity contribution in [3.63, 3.8) is 0 Å². The van der Waals surface area contributed by atoms with Gasteiger partial charge >= 0.3 is 5.51 Å². The maximum atomic E-state index is 12.2. The normalized spacial score (nSPS) is 31.5. The van der Waals surface area contributed by atoms with Gasteiger partial charge in [0.1, 0.15) is 0 Å². The summed E-state index contributed by atoms with van der Waals surface area (Å²) in [5.41, 5.74) is -4.09. The van der Waals surface area contributed by atoms with E-state index >= 15 is 0 Å². The minimum atomic E-state index is -4.09. The zero-order valence-electron chi connectivity index (χ0n) is 12.1. The highest BCUT2D eigenvalue weighted by molar-refractivity contribution is 8.00. The van der Waals surface area contributed by atoms with Crippen LogP contribution in [0.15, 0.2) is 0 Å². The lowest BCUT2D eigenvalue weighted by Gasteiger charge is -2.49. The van der Waals surface area contributed by atoms with E-state index in [1.165, 1.54) is 6.42 Å². The predicted octanol–water partition coefficient (Wildman–Crippen LogP) is 3.62. The second-order valence-electron chi connectivity index (χ2n) is 5.89. The molecule has 2 fully saturated rings. The summed E-state index contributed by atoms with van der Waals surface area (Å²) >= 11 is 0.123. The van der Waals surface area contributed by atoms with Gasteiger partial charge in [-0.05, 0) is 50.4 Å². The summed E-state index contributed by atoms with van der Waals surface area (Å²) in [6.07, 6.45) is 6.88. The summed E-state index contributed by atoms with van der Waals surface area (Å²) < 4.78 is 36.7. The van der Waals surface area contributed by atoms with Crippen molar-refractivity contribution in [2.75, 3.05) is 18.8 Å². The summed E-state index contributed by atoms with van der Waals surface area (Å²) in [5.74, 6) is 0.170. The number of nitrogens with one attached hydrogen (secondary N) is 1. The van der Waals surface area contributed by atoms with Gasteiger partial charge < -0.3 is 5.32 Å². The molecule has 2 aliphatic heterocycles. The fraction of sp³-hybridized carbons (Fsp3) is 1.00. The SMILES string of the molecule is CCCNC1CC2CCCC(C1)N2CCSC(F)(F)F. The topological polar surface area (TPSA) is 15.3 Å². The van der Waals surface area contributed by atoms with Crippen LogP contribution in [0.1, 0.15) is 45.4 Å². The lowest BCUT2D eigenvalue weighted by Crippen LogP contribution is -2.56. The lowest BCUT2D eigenvalue weighted by molar-refractivity contribution is -0.0333. The highest BCUT2D eigenvalue weighted by Gasteiger charge is 2.38. The number of rotatable bonds is 6. The van der Waals surface area contributed by atoms with Crippen molar-refractivity contribution >= 4 is 11.8 Å². The van der Waals surface area contributed by atoms with Crippen LogP contribution in [0.4, 0.5) is 13.2 Å². The van der Waals surface area contributed by atoms with Gasteiger partial charge in [0.2, 0.25) is 0 Å². The number of hydrogen-bond acceptors (Lipinski definition) is 3. The first-order valence-electron chi connectivity index (χ1n) is 7.69. The molecule has 0 aromatic rings. The molecule has 118 valence electrons. The molecular formula is C14H25F3N2S. The van der Waals surface area contributed by atoms with Gasteiger partial charge in [0.15, 0.2) is 0 Å². The van der Waals surface area contributed by atoms with Crippen LogP contribution in [0.25, 0.3) is 0 Å². The standard InChI is InChI=1S/C14H25F3N2S/c1-2-6-18-11-9-12-4-3-5-13(10-11)19(12)7-8-20-14(15,16)17/h11-13,18H,2-10H2,1H3. The third kappa shape index (κ3) is 4.81. The number of halogens is 3. The molecule has 6 heteroatoms. The van der Waals surface area contributed by atoms with E-state index < -0.39 is 5.51 Å². The van der Waals surface area contributed by atoms with Gasteiger partial charge in [-0.15, -0.1) is 0 Å². The van der Waals surface area contributed by atoms with Gasteiger partial charge in [0.25, 0.3) is 0 Å². The molecule has 0 aliphatic carbocycles. The summed E-state index contributed by atoms with van der Waals surface area (Å²) in [5, 5.41) is 3.59. The smallest absolute Gasteiger partial charge is 0.314 e. The van der Waals surface area contributed by atoms with Crippen LogP contribution in [-0.4, -0.2) is 47.4 Å². The van der Waals surface area contributed by atoms with Crippen molar-refractivity contribution in [1.82, 2.24) is 10.2 Å². The molecule has 2 rings (SSSR count). The van der Waals surface area contributed by atoms with E-state index in [0.717, 1.165) is 38.6 Å². The lowest BCUT2D eigenvalue weighted by atomic mass is 9.82. The van der Waals surface area contributed by atoms with Crippen molar-refractivity contribution in [3.05, 3.63) is 0 Å². The first-order chi connectivity index (χ1) is 9.49. The Morgan fingerprint density at radius 1 is 1.20 bits per heavy atom. The Morgan fingerprint density at radius 2 is 1.85 bits per heavy atom. The number of piperidine rings is 2. The molecular weight excluding hydrogens is 285 g/mol. The molecule has 2 aliphatic rings. The molecule has 0 aromatic carbocycles. The molecule has 0 aromatic heterocycles. The molecule has 0 spiro atoms. The van der Waals surface area contributed by atoms with Gasteiger partial charge in [0.05, 0.1) is 0 Å². The van der Waals surface area contributed by atoms with Gasteiger partial charge in [-0.25, -0.2) is 0 Å². The third-order valence-corrected chi connectivity index (χ3v) is 5.14. The van der Waals surface area contributed by atoms with E-state index in [1.54, 1.807) is 0 Å². The Balaban J connectivity index is 1.82. The number of thioether (sulfide) groups is 1. The zero-order chi connectivity index (χ0) is 14.6. The van der Waals surface area contributed by atoms with E-state index in [2.05, 4.69) is 17.1 Å². The average molecular weight is 310 g/mol. The van der Waals surface area contributed by atoms with Crippen molar-refractivity contribution < 1.29 is 13.2 Å². The molecule has 2 bridgehead atoms. The largest absolute Gasteiger partial charge is 0.441 e. The summed E-state index contributed by atoms with van der Waals surface area (Å²) in [6.45, 7) is 3.80. The molecule has 0 radical (unpaired) electrons. The molecule has 0 saturated carbocycles. The van der Waals surface area contributed by atoms with E-state index in [-0.39, 0.29) is 17.5 Å². The van der Waals surface area contributed by atoms with E-state index in [4.69, 9.17) is 0 Å². The molecule has 20 heavy (non-hydrogen) atoms. The molecule has 2 unspecified atom stereocenters. The molecule has 2 heterocycles. The highest BCUT2D eigenvalue weighted by Crippen LogP contribution is 2.35. The van der Waals surface area contributed by atoms with Crippen molar-refractivity contribution in [3.8, 4) is 0 Å². The van der Waals surface area contributed by atoms with Crippen LogP contribution in [0, 0.1) is 0 Å². The van der Waals surface area contributed by atoms with Crippen molar-refractivity contribution in [1.29, 1.82) is 0 Å². The van der Waals surface area contributed by atoms with Gasteiger partial charge in [-0.1, -0.05) is 13.3 Å². The van der Waals surface area contributed by atoms with E-state index in [1.807, 2.05) is 0 Å². The van der Waals surface area contributed by atoms with Crippen molar-refractivity contribution in [2.45, 2.75) is 69.1 Å². The molecule has 2 atom stereocenters. The first-order valence-corrected chi connectivity index (χ1v) is 8.68. The van der Waals surface area contributed by atoms with Crippen LogP contribution in [0.3, 0.4) is 0 Å². The van der Waals surface area contributed by atoms with Crippen LogP contribution < -0.4 is 5.32 Å². The predicted molar refractivity (Wildman–Crippen MR) is 78.0 cm³/mol.